The van der Waals surface area contributed by atoms with E-state index in [1.54, 1.807) is 13.8 Å². The number of nitrogens with one attached hydrogen (secondary N) is 7. The third-order valence-corrected chi connectivity index (χ3v) is 17.1. The normalized spacial score (nSPS) is 25.7. The molecule has 1 aromatic rings. The van der Waals surface area contributed by atoms with Crippen molar-refractivity contribution in [1.29, 1.82) is 0 Å². The van der Waals surface area contributed by atoms with E-state index in [1.165, 1.54) is 29.2 Å². The van der Waals surface area contributed by atoms with Crippen molar-refractivity contribution >= 4 is 98.4 Å². The summed E-state index contributed by atoms with van der Waals surface area (Å²) in [4.78, 5) is 181. The van der Waals surface area contributed by atoms with Gasteiger partial charge in [0.15, 0.2) is 5.78 Å². The lowest BCUT2D eigenvalue weighted by molar-refractivity contribution is -0.145. The summed E-state index contributed by atoms with van der Waals surface area (Å²) in [7, 11) is 1.87. The third kappa shape index (κ3) is 22.0. The molecule has 18 N–H and O–H groups in total. The molecule has 3 fully saturated rings. The predicted molar refractivity (Wildman–Crippen MR) is 310 cm³/mol. The minimum atomic E-state index is -1.94. The number of fused-ring (bicyclic) bond motifs is 2. The number of aromatic hydroxyl groups is 1. The maximum absolute atomic E-state index is 14.8. The maximum Gasteiger partial charge on any atom is 0.305 e. The van der Waals surface area contributed by atoms with E-state index in [2.05, 4.69) is 37.2 Å². The summed E-state index contributed by atoms with van der Waals surface area (Å²) in [5.74, 6) is -15.7. The first kappa shape index (κ1) is 71.4. The smallest absolute Gasteiger partial charge is 0.305 e. The number of carbonyl (C=O) groups is 13. The molecule has 30 nitrogen and oxygen atoms in total. The van der Waals surface area contributed by atoms with Crippen LogP contribution < -0.4 is 54.4 Å². The van der Waals surface area contributed by atoms with Crippen LogP contribution in [0.15, 0.2) is 24.3 Å². The highest BCUT2D eigenvalue weighted by atomic mass is 33.1. The molecule has 4 rings (SSSR count). The lowest BCUT2D eigenvalue weighted by Gasteiger charge is -2.32. The van der Waals surface area contributed by atoms with Crippen LogP contribution in [-0.4, -0.2) is 216 Å². The number of carboxylic acid groups (broad SMARTS) is 2. The van der Waals surface area contributed by atoms with Crippen LogP contribution in [0.2, 0.25) is 0 Å². The van der Waals surface area contributed by atoms with Crippen LogP contribution in [0.25, 0.3) is 0 Å². The van der Waals surface area contributed by atoms with Gasteiger partial charge in [0, 0.05) is 43.9 Å². The number of amides is 10. The van der Waals surface area contributed by atoms with Crippen LogP contribution in [0, 0.1) is 11.8 Å². The summed E-state index contributed by atoms with van der Waals surface area (Å²) < 4.78 is 0. The minimum absolute atomic E-state index is 0.00368. The molecule has 0 aliphatic carbocycles. The summed E-state index contributed by atoms with van der Waals surface area (Å²) >= 11 is 0. The summed E-state index contributed by atoms with van der Waals surface area (Å²) in [5, 5.41) is 67.7. The highest BCUT2D eigenvalue weighted by molar-refractivity contribution is 8.76. The van der Waals surface area contributed by atoms with Gasteiger partial charge in [0.25, 0.3) is 0 Å². The second-order valence-electron chi connectivity index (χ2n) is 21.9. The molecule has 3 heterocycles. The van der Waals surface area contributed by atoms with Crippen LogP contribution in [0.4, 0.5) is 0 Å². The molecule has 0 saturated carbocycles. The lowest BCUT2D eigenvalue weighted by Crippen LogP contribution is -2.62. The Hall–Kier alpha value is -7.13. The molecule has 0 radical (unpaired) electrons. The fraction of sp³-hybridized carbons (Fsp3) is 0.648. The van der Waals surface area contributed by atoms with Gasteiger partial charge in [-0.1, -0.05) is 47.6 Å². The highest BCUT2D eigenvalue weighted by Gasteiger charge is 2.44. The van der Waals surface area contributed by atoms with Gasteiger partial charge >= 0.3 is 11.9 Å². The number of carboxylic acids is 2. The molecule has 1 aromatic carbocycles. The number of phenols is 1. The van der Waals surface area contributed by atoms with Crippen LogP contribution in [-0.2, 0) is 68.7 Å². The van der Waals surface area contributed by atoms with Gasteiger partial charge in [0.1, 0.15) is 60.1 Å². The summed E-state index contributed by atoms with van der Waals surface area (Å²) in [6.45, 7) is 3.85. The largest absolute Gasteiger partial charge is 0.508 e. The number of aliphatic hydroxyl groups is 2. The van der Waals surface area contributed by atoms with Crippen molar-refractivity contribution in [2.75, 3.05) is 37.7 Å². The Balaban J connectivity index is 1.83. The van der Waals surface area contributed by atoms with E-state index in [-0.39, 0.29) is 87.8 Å². The van der Waals surface area contributed by atoms with Crippen LogP contribution in [0.3, 0.4) is 0 Å². The van der Waals surface area contributed by atoms with Crippen molar-refractivity contribution < 1.29 is 87.9 Å². The number of rotatable bonds is 20. The SMILES string of the molecule is CC(C)C[C@@H]1NC(=O)[C@@H]2CCCN2C(=O)[C@@H](NC(=O)[C@H](CCCCN)NC(=O)[C@@H](N)CO)CSSC[C@@H](C(N)=O)CC(=O)[C@H](CCC(=O)O)NC(=O)[C@H](Cc2ccc(O)cc2)NC(=O)[C@@H]2CCCN2C(=O)[C@H](C(C)O)NC(=O)[C@H](CC(=O)O)NC1=O. The van der Waals surface area contributed by atoms with E-state index in [4.69, 9.17) is 17.2 Å². The van der Waals surface area contributed by atoms with Gasteiger partial charge in [-0.2, -0.15) is 0 Å². The van der Waals surface area contributed by atoms with Crippen molar-refractivity contribution in [1.82, 2.24) is 47.0 Å². The molecule has 3 saturated heterocycles. The van der Waals surface area contributed by atoms with Gasteiger partial charge in [-0.15, -0.1) is 0 Å². The minimum Gasteiger partial charge on any atom is -0.508 e. The number of hydrogen-bond acceptors (Lipinski definition) is 20. The fourth-order valence-corrected chi connectivity index (χ4v) is 12.4. The number of aliphatic carboxylic acids is 2. The zero-order chi connectivity index (χ0) is 63.9. The zero-order valence-corrected chi connectivity index (χ0v) is 49.9. The van der Waals surface area contributed by atoms with E-state index in [0.29, 0.717) is 18.4 Å². The van der Waals surface area contributed by atoms with Gasteiger partial charge in [-0.3, -0.25) is 62.3 Å². The first-order valence-electron chi connectivity index (χ1n) is 28.4. The summed E-state index contributed by atoms with van der Waals surface area (Å²) in [6.07, 6.45) is -3.73. The van der Waals surface area contributed by atoms with Crippen molar-refractivity contribution in [3.05, 3.63) is 29.8 Å². The number of benzene rings is 1. The van der Waals surface area contributed by atoms with Gasteiger partial charge in [0.2, 0.25) is 59.1 Å². The van der Waals surface area contributed by atoms with Crippen LogP contribution in [0.5, 0.6) is 5.75 Å². The van der Waals surface area contributed by atoms with E-state index >= 15 is 0 Å². The number of unbranched alkanes of at least 4 members (excludes halogenated alkanes) is 1. The molecule has 12 atom stereocenters. The topological polar surface area (TPSA) is 492 Å². The Kier molecular flexibility index (Phi) is 28.9. The second kappa shape index (κ2) is 34.9. The van der Waals surface area contributed by atoms with Gasteiger partial charge < -0.3 is 89.8 Å². The monoisotopic (exact) mass is 1250 g/mol. The molecule has 32 heteroatoms. The molecule has 3 aliphatic heterocycles. The Labute approximate surface area is 504 Å². The van der Waals surface area contributed by atoms with Crippen molar-refractivity contribution in [2.45, 2.75) is 171 Å². The highest BCUT2D eigenvalue weighted by Crippen LogP contribution is 2.29. The number of carbonyl (C=O) groups excluding carboxylic acids is 11. The van der Waals surface area contributed by atoms with Crippen molar-refractivity contribution in [2.24, 2.45) is 29.0 Å². The second-order valence-corrected chi connectivity index (χ2v) is 24.5. The maximum atomic E-state index is 14.8. The van der Waals surface area contributed by atoms with E-state index in [0.717, 1.165) is 33.4 Å². The molecule has 0 spiro atoms. The zero-order valence-electron chi connectivity index (χ0n) is 48.2. The Morgan fingerprint density at radius 1 is 0.721 bits per heavy atom. The molecular weight excluding hydrogens is 1170 g/mol. The van der Waals surface area contributed by atoms with E-state index in [9.17, 15) is 87.9 Å². The van der Waals surface area contributed by atoms with E-state index in [1.807, 2.05) is 0 Å². The molecule has 86 heavy (non-hydrogen) atoms. The quantitative estimate of drug-likeness (QED) is 0.0437. The number of phenolic OH excluding ortho intramolecular Hbond substituents is 1. The molecule has 1 unspecified atom stereocenters. The molecule has 0 bridgehead atoms. The van der Waals surface area contributed by atoms with Crippen molar-refractivity contribution in [3.8, 4) is 5.75 Å². The lowest BCUT2D eigenvalue weighted by atomic mass is 9.96. The van der Waals surface area contributed by atoms with Gasteiger partial charge in [-0.05, 0) is 94.9 Å². The Morgan fingerprint density at radius 3 is 1.84 bits per heavy atom. The third-order valence-electron chi connectivity index (χ3n) is 14.6. The number of Topliss-reactive ketones (excluding diaryl/α,β-unsaturated/α-hetero) is 1. The number of nitrogens with zero attached hydrogens (tertiary/aromatic N) is 2. The van der Waals surface area contributed by atoms with Gasteiger partial charge in [-0.25, -0.2) is 0 Å². The first-order chi connectivity index (χ1) is 40.6. The average Bonchev–Trinajstić information content (AvgIpc) is 3.35. The van der Waals surface area contributed by atoms with Crippen LogP contribution in [0.1, 0.15) is 103 Å². The molecule has 478 valence electrons. The van der Waals surface area contributed by atoms with Crippen molar-refractivity contribution in [3.63, 3.8) is 0 Å². The van der Waals surface area contributed by atoms with Gasteiger partial charge in [0.05, 0.1) is 31.1 Å². The molecule has 0 aromatic heterocycles. The standard InChI is InChI=1S/C54H82N12O18S2/c1-27(2)20-35-48(78)60-37(23-43(73)74)50(80)64-44(28(3)68)54(84)66-19-7-10-40(66)52(82)62-36(21-29-11-13-31(69)14-12-29)49(79)58-33(15-16-42(71)72)41(70)22-30(45(57)75)25-85-86-26-38(53(83)65-18-6-9-39(65)51(81)61-35)63-47(77)34(8-4-5-17-55)59-46(76)32(56)24-67/h11-14,27-28,30,32-40,44,67-69H,4-10,15-26,55-56H2,1-3H3,(H2,57,75)(H,58,79)(H,59,76)(H,60,78)(H,61,81)(H,62,82)(H,63,77)(H,64,80)(H,71,72)(H,73,74)/t28?,30-,32-,33-,34-,35-,36-,37-,38-,39-,40-,44-/m0/s1. The average molecular weight is 1250 g/mol. The molecule has 3 aliphatic rings. The molecular formula is C54H82N12O18S2. The number of hydrogen-bond donors (Lipinski definition) is 15. The number of aliphatic hydroxyl groups excluding tert-OH is 2. The Morgan fingerprint density at radius 2 is 1.28 bits per heavy atom. The summed E-state index contributed by atoms with van der Waals surface area (Å²) in [6, 6.07) is -9.85. The number of nitrogens with two attached hydrogens (primary N) is 3. The number of ketones is 1. The first-order valence-corrected chi connectivity index (χ1v) is 30.9. The molecule has 10 amide bonds. The van der Waals surface area contributed by atoms with Crippen LogP contribution >= 0.6 is 21.6 Å². The predicted octanol–water partition coefficient (Wildman–Crippen LogP) is -4.02. The van der Waals surface area contributed by atoms with E-state index < -0.39 is 182 Å². The fourth-order valence-electron chi connectivity index (χ4n) is 9.90. The summed E-state index contributed by atoms with van der Waals surface area (Å²) in [5.41, 5.74) is 17.6. The Bertz CT molecular complexity index is 2600. The number of primary amides is 1.